The fraction of sp³-hybridized carbons (Fsp3) is 0.682. The lowest BCUT2D eigenvalue weighted by Crippen LogP contribution is -2.62. The maximum absolute atomic E-state index is 12.7. The van der Waals surface area contributed by atoms with Gasteiger partial charge in [0.15, 0.2) is 0 Å². The first-order valence-corrected chi connectivity index (χ1v) is 10.6. The Morgan fingerprint density at radius 3 is 2.64 bits per heavy atom. The molecule has 6 nitrogen and oxygen atoms in total. The molecule has 0 spiro atoms. The molecule has 3 fully saturated rings. The number of rotatable bonds is 4. The molecule has 3 N–H and O–H groups in total. The number of amides is 1. The van der Waals surface area contributed by atoms with Crippen molar-refractivity contribution >= 4 is 5.91 Å². The van der Waals surface area contributed by atoms with Crippen LogP contribution in [0.2, 0.25) is 0 Å². The molecule has 3 saturated heterocycles. The third kappa shape index (κ3) is 3.65. The Morgan fingerprint density at radius 1 is 1.21 bits per heavy atom. The van der Waals surface area contributed by atoms with E-state index >= 15 is 0 Å². The summed E-state index contributed by atoms with van der Waals surface area (Å²) in [5, 5.41) is 9.72. The molecular formula is C22H33N3O3. The number of likely N-dealkylation sites (tertiary alicyclic amines) is 1. The summed E-state index contributed by atoms with van der Waals surface area (Å²) >= 11 is 0. The van der Waals surface area contributed by atoms with Crippen LogP contribution >= 0.6 is 0 Å². The van der Waals surface area contributed by atoms with Crippen molar-refractivity contribution in [3.8, 4) is 5.75 Å². The summed E-state index contributed by atoms with van der Waals surface area (Å²) in [7, 11) is 1.70. The minimum atomic E-state index is -0.812. The Labute approximate surface area is 167 Å². The maximum Gasteiger partial charge on any atom is 0.242 e. The third-order valence-corrected chi connectivity index (χ3v) is 7.00. The summed E-state index contributed by atoms with van der Waals surface area (Å²) < 4.78 is 5.31. The zero-order chi connectivity index (χ0) is 19.8. The molecule has 6 heteroatoms. The van der Waals surface area contributed by atoms with Gasteiger partial charge in [-0.3, -0.25) is 9.69 Å². The number of hydrogen-bond acceptors (Lipinski definition) is 5. The van der Waals surface area contributed by atoms with Gasteiger partial charge in [-0.25, -0.2) is 0 Å². The first-order valence-electron chi connectivity index (χ1n) is 10.6. The molecule has 28 heavy (non-hydrogen) atoms. The van der Waals surface area contributed by atoms with Gasteiger partial charge in [0.25, 0.3) is 0 Å². The number of nitrogens with zero attached hydrogens (tertiary/aromatic N) is 2. The average molecular weight is 388 g/mol. The molecule has 0 aromatic heterocycles. The number of carbonyl (C=O) groups is 1. The van der Waals surface area contributed by atoms with Crippen molar-refractivity contribution in [2.45, 2.75) is 56.8 Å². The van der Waals surface area contributed by atoms with E-state index in [0.717, 1.165) is 25.4 Å². The van der Waals surface area contributed by atoms with E-state index in [2.05, 4.69) is 29.2 Å². The van der Waals surface area contributed by atoms with Crippen LogP contribution in [-0.4, -0.2) is 65.7 Å². The van der Waals surface area contributed by atoms with E-state index in [1.165, 1.54) is 31.2 Å². The van der Waals surface area contributed by atoms with Gasteiger partial charge in [0, 0.05) is 31.7 Å². The molecule has 154 valence electrons. The van der Waals surface area contributed by atoms with E-state index < -0.39 is 12.1 Å². The number of ether oxygens (including phenoxy) is 1. The van der Waals surface area contributed by atoms with Gasteiger partial charge < -0.3 is 20.5 Å². The summed E-state index contributed by atoms with van der Waals surface area (Å²) in [6.07, 6.45) is 4.01. The summed E-state index contributed by atoms with van der Waals surface area (Å²) in [5.41, 5.74) is 7.30. The van der Waals surface area contributed by atoms with Crippen LogP contribution < -0.4 is 10.5 Å². The maximum atomic E-state index is 12.7. The highest BCUT2D eigenvalue weighted by molar-refractivity contribution is 5.82. The predicted molar refractivity (Wildman–Crippen MR) is 108 cm³/mol. The molecule has 1 amide bonds. The molecule has 1 aromatic carbocycles. The van der Waals surface area contributed by atoms with Crippen LogP contribution in [-0.2, 0) is 4.79 Å². The lowest BCUT2D eigenvalue weighted by Gasteiger charge is -2.55. The summed E-state index contributed by atoms with van der Waals surface area (Å²) in [6.45, 7) is 4.15. The number of hydrogen-bond donors (Lipinski definition) is 2. The molecule has 2 bridgehead atoms. The Kier molecular flexibility index (Phi) is 5.63. The topological polar surface area (TPSA) is 79.0 Å². The van der Waals surface area contributed by atoms with Crippen molar-refractivity contribution in [2.75, 3.05) is 26.7 Å². The van der Waals surface area contributed by atoms with Crippen molar-refractivity contribution in [3.05, 3.63) is 29.8 Å². The number of piperidine rings is 3. The molecule has 3 aliphatic rings. The zero-order valence-electron chi connectivity index (χ0n) is 17.0. The van der Waals surface area contributed by atoms with E-state index in [0.29, 0.717) is 23.9 Å². The zero-order valence-corrected chi connectivity index (χ0v) is 17.0. The molecule has 4 rings (SSSR count). The fourth-order valence-corrected chi connectivity index (χ4v) is 5.59. The van der Waals surface area contributed by atoms with Crippen molar-refractivity contribution in [3.63, 3.8) is 0 Å². The van der Waals surface area contributed by atoms with E-state index in [1.807, 2.05) is 4.90 Å². The van der Waals surface area contributed by atoms with E-state index in [1.54, 1.807) is 14.0 Å². The molecule has 6 atom stereocenters. The Bertz CT molecular complexity index is 693. The first kappa shape index (κ1) is 19.7. The Balaban J connectivity index is 1.50. The number of carbonyl (C=O) groups excluding carboxylic acids is 1. The molecule has 0 radical (unpaired) electrons. The van der Waals surface area contributed by atoms with Gasteiger partial charge in [-0.05, 0) is 62.1 Å². The monoisotopic (exact) mass is 387 g/mol. The average Bonchev–Trinajstić information content (AvgIpc) is 2.72. The fourth-order valence-electron chi connectivity index (χ4n) is 5.59. The van der Waals surface area contributed by atoms with Crippen LogP contribution in [0.4, 0.5) is 0 Å². The van der Waals surface area contributed by atoms with Gasteiger partial charge in [0.1, 0.15) is 11.8 Å². The van der Waals surface area contributed by atoms with Crippen molar-refractivity contribution in [2.24, 2.45) is 17.6 Å². The van der Waals surface area contributed by atoms with E-state index in [4.69, 9.17) is 10.5 Å². The summed E-state index contributed by atoms with van der Waals surface area (Å²) in [6, 6.07) is 8.69. The van der Waals surface area contributed by atoms with Gasteiger partial charge in [-0.15, -0.1) is 0 Å². The molecule has 1 aromatic rings. The van der Waals surface area contributed by atoms with Gasteiger partial charge >= 0.3 is 0 Å². The molecule has 3 heterocycles. The van der Waals surface area contributed by atoms with Crippen LogP contribution in [0.25, 0.3) is 0 Å². The molecular weight excluding hydrogens is 354 g/mol. The van der Waals surface area contributed by atoms with Crippen LogP contribution in [0.1, 0.15) is 44.2 Å². The van der Waals surface area contributed by atoms with Crippen molar-refractivity contribution < 1.29 is 14.6 Å². The van der Waals surface area contributed by atoms with Crippen LogP contribution in [0.3, 0.4) is 0 Å². The number of aliphatic hydroxyl groups excluding tert-OH is 1. The molecule has 0 saturated carbocycles. The second-order valence-corrected chi connectivity index (χ2v) is 8.86. The second-order valence-electron chi connectivity index (χ2n) is 8.86. The summed E-state index contributed by atoms with van der Waals surface area (Å²) in [4.78, 5) is 17.3. The van der Waals surface area contributed by atoms with Gasteiger partial charge in [0.05, 0.1) is 13.2 Å². The number of fused-ring (bicyclic) bond motifs is 4. The van der Waals surface area contributed by atoms with Crippen LogP contribution in [0.5, 0.6) is 5.75 Å². The Morgan fingerprint density at radius 2 is 1.96 bits per heavy atom. The minimum Gasteiger partial charge on any atom is -0.497 e. The van der Waals surface area contributed by atoms with Crippen molar-refractivity contribution in [1.29, 1.82) is 0 Å². The largest absolute Gasteiger partial charge is 0.497 e. The molecule has 0 aliphatic carbocycles. The highest BCUT2D eigenvalue weighted by Crippen LogP contribution is 2.44. The number of aliphatic hydroxyl groups is 1. The highest BCUT2D eigenvalue weighted by Gasteiger charge is 2.46. The third-order valence-electron chi connectivity index (χ3n) is 7.00. The van der Waals surface area contributed by atoms with Gasteiger partial charge in [0.2, 0.25) is 5.91 Å². The quantitative estimate of drug-likeness (QED) is 0.823. The molecule has 0 unspecified atom stereocenters. The normalized spacial score (nSPS) is 32.4. The molecule has 3 aliphatic heterocycles. The predicted octanol–water partition coefficient (Wildman–Crippen LogP) is 1.78. The SMILES string of the molecule is COc1ccc([C@H]2CCC[C@H]3[C@@H]4C[C@@H](CN(C(=O)[C@@H](N)[C@@H](C)O)C4)CN23)cc1. The summed E-state index contributed by atoms with van der Waals surface area (Å²) in [5.74, 6) is 1.79. The van der Waals surface area contributed by atoms with Crippen molar-refractivity contribution in [1.82, 2.24) is 9.80 Å². The number of benzene rings is 1. The Hall–Kier alpha value is -1.63. The van der Waals surface area contributed by atoms with E-state index in [-0.39, 0.29) is 5.91 Å². The standard InChI is InChI=1S/C22H33N3O3/c1-14(26)21(23)22(27)24-11-15-10-17(13-24)20-5-3-4-19(25(20)12-15)16-6-8-18(28-2)9-7-16/h6-9,14-15,17,19-21,26H,3-5,10-13,23H2,1-2H3/t14-,15+,17-,19-,20+,21+/m1/s1. The second kappa shape index (κ2) is 8.01. The smallest absolute Gasteiger partial charge is 0.242 e. The minimum absolute atomic E-state index is 0.0966. The highest BCUT2D eigenvalue weighted by atomic mass is 16.5. The lowest BCUT2D eigenvalue weighted by molar-refractivity contribution is -0.142. The van der Waals surface area contributed by atoms with Crippen LogP contribution in [0, 0.1) is 11.8 Å². The number of methoxy groups -OCH3 is 1. The first-order chi connectivity index (χ1) is 13.5. The number of nitrogens with two attached hydrogens (primary N) is 1. The van der Waals surface area contributed by atoms with Gasteiger partial charge in [-0.1, -0.05) is 12.1 Å². The lowest BCUT2D eigenvalue weighted by atomic mass is 9.73. The van der Waals surface area contributed by atoms with E-state index in [9.17, 15) is 9.90 Å². The van der Waals surface area contributed by atoms with Gasteiger partial charge in [-0.2, -0.15) is 0 Å². The van der Waals surface area contributed by atoms with Crippen LogP contribution in [0.15, 0.2) is 24.3 Å².